The van der Waals surface area contributed by atoms with Gasteiger partial charge in [0, 0.05) is 16.7 Å². The summed E-state index contributed by atoms with van der Waals surface area (Å²) in [5, 5.41) is 6.50. The zero-order valence-corrected chi connectivity index (χ0v) is 13.5. The molecule has 2 aromatic heterocycles. The smallest absolute Gasteiger partial charge is 0.153 e. The van der Waals surface area contributed by atoms with Crippen molar-refractivity contribution in [1.82, 2.24) is 9.78 Å². The molecule has 0 aliphatic rings. The topological polar surface area (TPSA) is 44.1 Å². The quantitative estimate of drug-likeness (QED) is 0.653. The number of nitrogens with zero attached hydrogens (tertiary/aromatic N) is 2. The molecule has 1 aromatic carbocycles. The van der Waals surface area contributed by atoms with Crippen LogP contribution in [0.2, 0.25) is 0 Å². The molecule has 0 aliphatic heterocycles. The first kappa shape index (κ1) is 14.0. The second-order valence-corrected chi connectivity index (χ2v) is 6.07. The highest BCUT2D eigenvalue weighted by atomic mass is 79.9. The van der Waals surface area contributed by atoms with Gasteiger partial charge in [-0.3, -0.25) is 4.79 Å². The molecular weight excluding hydrogens is 352 g/mol. The molecule has 3 rings (SSSR count). The van der Waals surface area contributed by atoms with Crippen molar-refractivity contribution in [2.75, 3.05) is 7.11 Å². The first-order valence-corrected chi connectivity index (χ1v) is 7.83. The monoisotopic (exact) mass is 362 g/mol. The van der Waals surface area contributed by atoms with Crippen LogP contribution < -0.4 is 4.74 Å². The van der Waals surface area contributed by atoms with Gasteiger partial charge in [0.15, 0.2) is 6.29 Å². The number of ether oxygens (including phenoxy) is 1. The van der Waals surface area contributed by atoms with Crippen LogP contribution in [0.25, 0.3) is 16.3 Å². The number of methoxy groups -OCH3 is 1. The maximum Gasteiger partial charge on any atom is 0.153 e. The van der Waals surface area contributed by atoms with Crippen LogP contribution in [0.15, 0.2) is 46.4 Å². The number of carbonyl (C=O) groups excluding carboxylic acids is 1. The minimum atomic E-state index is 0.556. The first-order chi connectivity index (χ1) is 10.2. The lowest BCUT2D eigenvalue weighted by atomic mass is 10.2. The Morgan fingerprint density at radius 1 is 1.38 bits per heavy atom. The summed E-state index contributed by atoms with van der Waals surface area (Å²) in [6.07, 6.45) is 2.55. The third-order valence-corrected chi connectivity index (χ3v) is 4.86. The van der Waals surface area contributed by atoms with E-state index in [1.165, 1.54) is 0 Å². The second kappa shape index (κ2) is 5.83. The predicted molar refractivity (Wildman–Crippen MR) is 86.5 cm³/mol. The van der Waals surface area contributed by atoms with Gasteiger partial charge in [0.1, 0.15) is 11.4 Å². The van der Waals surface area contributed by atoms with Gasteiger partial charge in [-0.15, -0.1) is 11.3 Å². The van der Waals surface area contributed by atoms with E-state index in [-0.39, 0.29) is 0 Å². The highest BCUT2D eigenvalue weighted by Gasteiger charge is 2.15. The van der Waals surface area contributed by atoms with Gasteiger partial charge in [0.2, 0.25) is 0 Å². The minimum absolute atomic E-state index is 0.556. The summed E-state index contributed by atoms with van der Waals surface area (Å²) in [7, 11) is 1.62. The van der Waals surface area contributed by atoms with Crippen LogP contribution in [0.4, 0.5) is 0 Å². The number of halogens is 1. The number of carbonyl (C=O) groups is 1. The van der Waals surface area contributed by atoms with E-state index < -0.39 is 0 Å². The van der Waals surface area contributed by atoms with Crippen molar-refractivity contribution in [3.63, 3.8) is 0 Å². The molecule has 0 spiro atoms. The molecule has 0 amide bonds. The van der Waals surface area contributed by atoms with Crippen molar-refractivity contribution in [2.45, 2.75) is 0 Å². The van der Waals surface area contributed by atoms with Gasteiger partial charge in [-0.2, -0.15) is 5.10 Å². The lowest BCUT2D eigenvalue weighted by molar-refractivity contribution is 0.112. The maximum absolute atomic E-state index is 11.3. The summed E-state index contributed by atoms with van der Waals surface area (Å²) >= 11 is 5.02. The van der Waals surface area contributed by atoms with E-state index in [1.807, 2.05) is 35.7 Å². The van der Waals surface area contributed by atoms with Gasteiger partial charge in [0.05, 0.1) is 23.2 Å². The number of aldehydes is 1. The Hall–Kier alpha value is -1.92. The van der Waals surface area contributed by atoms with E-state index >= 15 is 0 Å². The van der Waals surface area contributed by atoms with E-state index in [0.717, 1.165) is 27.1 Å². The van der Waals surface area contributed by atoms with Gasteiger partial charge in [-0.05, 0) is 39.5 Å². The average molecular weight is 363 g/mol. The molecule has 0 radical (unpaired) electrons. The summed E-state index contributed by atoms with van der Waals surface area (Å²) in [6, 6.07) is 9.48. The van der Waals surface area contributed by atoms with E-state index in [9.17, 15) is 4.79 Å². The van der Waals surface area contributed by atoms with Gasteiger partial charge in [-0.1, -0.05) is 6.07 Å². The molecule has 3 aromatic rings. The molecule has 6 heteroatoms. The third kappa shape index (κ3) is 2.64. The predicted octanol–water partition coefficient (Wildman–Crippen LogP) is 4.18. The number of aromatic nitrogens is 2. The molecule has 0 saturated carbocycles. The van der Waals surface area contributed by atoms with E-state index in [2.05, 4.69) is 21.0 Å². The Bertz CT molecular complexity index is 795. The van der Waals surface area contributed by atoms with Crippen molar-refractivity contribution in [3.8, 4) is 22.0 Å². The van der Waals surface area contributed by atoms with E-state index in [1.54, 1.807) is 29.3 Å². The lowest BCUT2D eigenvalue weighted by Crippen LogP contribution is -1.95. The highest BCUT2D eigenvalue weighted by molar-refractivity contribution is 9.10. The molecule has 106 valence electrons. The molecule has 21 heavy (non-hydrogen) atoms. The Balaban J connectivity index is 2.11. The zero-order valence-electron chi connectivity index (χ0n) is 11.1. The molecule has 4 nitrogen and oxygen atoms in total. The van der Waals surface area contributed by atoms with Gasteiger partial charge in [0.25, 0.3) is 0 Å². The zero-order chi connectivity index (χ0) is 14.8. The van der Waals surface area contributed by atoms with Crippen LogP contribution in [0.3, 0.4) is 0 Å². The fourth-order valence-corrected chi connectivity index (χ4v) is 3.56. The summed E-state index contributed by atoms with van der Waals surface area (Å²) in [6.45, 7) is 0. The molecule has 0 bridgehead atoms. The molecule has 0 N–H and O–H groups in total. The van der Waals surface area contributed by atoms with Gasteiger partial charge < -0.3 is 4.74 Å². The fraction of sp³-hybridized carbons (Fsp3) is 0.0667. The van der Waals surface area contributed by atoms with Crippen LogP contribution in [-0.2, 0) is 0 Å². The van der Waals surface area contributed by atoms with Crippen LogP contribution in [0.5, 0.6) is 5.75 Å². The van der Waals surface area contributed by atoms with Crippen LogP contribution in [-0.4, -0.2) is 23.2 Å². The van der Waals surface area contributed by atoms with Crippen LogP contribution in [0, 0.1) is 0 Å². The second-order valence-electron chi connectivity index (χ2n) is 4.29. The van der Waals surface area contributed by atoms with Crippen LogP contribution >= 0.6 is 27.3 Å². The summed E-state index contributed by atoms with van der Waals surface area (Å²) in [5.74, 6) is 0.745. The first-order valence-electron chi connectivity index (χ1n) is 6.15. The van der Waals surface area contributed by atoms with E-state index in [0.29, 0.717) is 11.3 Å². The molecule has 0 fully saturated rings. The molecule has 0 unspecified atom stereocenters. The van der Waals surface area contributed by atoms with Gasteiger partial charge in [-0.25, -0.2) is 4.68 Å². The lowest BCUT2D eigenvalue weighted by Gasteiger charge is -2.04. The normalized spacial score (nSPS) is 10.6. The number of rotatable bonds is 4. The summed E-state index contributed by atoms with van der Waals surface area (Å²) < 4.78 is 7.84. The fourth-order valence-electron chi connectivity index (χ4n) is 2.00. The van der Waals surface area contributed by atoms with Crippen molar-refractivity contribution in [3.05, 3.63) is 51.9 Å². The molecule has 0 saturated heterocycles. The molecular formula is C15H11BrN2O2S. The van der Waals surface area contributed by atoms with Gasteiger partial charge >= 0.3 is 0 Å². The summed E-state index contributed by atoms with van der Waals surface area (Å²) in [4.78, 5) is 12.3. The Labute approximate surface area is 134 Å². The molecule has 0 aliphatic carbocycles. The number of hydrogen-bond acceptors (Lipinski definition) is 4. The molecule has 2 heterocycles. The maximum atomic E-state index is 11.3. The number of thiophene rings is 1. The highest BCUT2D eigenvalue weighted by Crippen LogP contribution is 2.34. The average Bonchev–Trinajstić information content (AvgIpc) is 3.12. The standard InChI is InChI=1S/C15H11BrN2O2S/c1-20-12-4-2-3-11(7-12)18-8-10(9-19)14(17-18)15-13(16)5-6-21-15/h2-9H,1H3. The third-order valence-electron chi connectivity index (χ3n) is 3.02. The van der Waals surface area contributed by atoms with Crippen molar-refractivity contribution >= 4 is 33.6 Å². The number of benzene rings is 1. The van der Waals surface area contributed by atoms with Crippen molar-refractivity contribution < 1.29 is 9.53 Å². The van der Waals surface area contributed by atoms with Crippen molar-refractivity contribution in [2.24, 2.45) is 0 Å². The van der Waals surface area contributed by atoms with Crippen molar-refractivity contribution in [1.29, 1.82) is 0 Å². The minimum Gasteiger partial charge on any atom is -0.497 e. The Morgan fingerprint density at radius 2 is 2.24 bits per heavy atom. The largest absolute Gasteiger partial charge is 0.497 e. The summed E-state index contributed by atoms with van der Waals surface area (Å²) in [5.41, 5.74) is 2.08. The SMILES string of the molecule is COc1cccc(-n2cc(C=O)c(-c3sccc3Br)n2)c1. The van der Waals surface area contributed by atoms with E-state index in [4.69, 9.17) is 4.74 Å². The Morgan fingerprint density at radius 3 is 2.90 bits per heavy atom. The Kier molecular flexibility index (Phi) is 3.90. The number of hydrogen-bond donors (Lipinski definition) is 0. The molecule has 0 atom stereocenters. The van der Waals surface area contributed by atoms with Crippen LogP contribution in [0.1, 0.15) is 10.4 Å².